The van der Waals surface area contributed by atoms with Crippen LogP contribution < -0.4 is 0 Å². The molecule has 0 bridgehead atoms. The number of aliphatic hydroxyl groups is 1. The minimum absolute atomic E-state index is 0.104. The summed E-state index contributed by atoms with van der Waals surface area (Å²) < 4.78 is 68.2. The molecule has 0 spiro atoms. The third-order valence-electron chi connectivity index (χ3n) is 17.5. The Morgan fingerprint density at radius 3 is 0.723 bits per heavy atom. The monoisotopic (exact) mass is 1380 g/mol. The second-order valence-corrected chi connectivity index (χ2v) is 30.9. The van der Waals surface area contributed by atoms with Gasteiger partial charge in [-0.1, -0.05) is 337 Å². The summed E-state index contributed by atoms with van der Waals surface area (Å²) in [5, 5.41) is 10.6. The number of esters is 4. The molecule has 0 radical (unpaired) electrons. The van der Waals surface area contributed by atoms with Gasteiger partial charge in [0.1, 0.15) is 19.3 Å². The lowest BCUT2D eigenvalue weighted by Crippen LogP contribution is -2.30. The van der Waals surface area contributed by atoms with E-state index >= 15 is 0 Å². The highest BCUT2D eigenvalue weighted by molar-refractivity contribution is 7.47. The molecular formula is C75H146O17P2. The summed E-state index contributed by atoms with van der Waals surface area (Å²) in [5.74, 6) is -0.583. The van der Waals surface area contributed by atoms with Gasteiger partial charge in [0.25, 0.3) is 0 Å². The van der Waals surface area contributed by atoms with Crippen LogP contribution in [0, 0.1) is 11.8 Å². The van der Waals surface area contributed by atoms with E-state index in [4.69, 9.17) is 37.0 Å². The number of phosphoric ester groups is 2. The second kappa shape index (κ2) is 66.9. The van der Waals surface area contributed by atoms with Crippen LogP contribution in [-0.4, -0.2) is 96.7 Å². The number of unbranched alkanes of at least 4 members (excludes halogenated alkanes) is 44. The Morgan fingerprint density at radius 1 is 0.287 bits per heavy atom. The van der Waals surface area contributed by atoms with Crippen molar-refractivity contribution in [3.63, 3.8) is 0 Å². The van der Waals surface area contributed by atoms with Gasteiger partial charge in [0.05, 0.1) is 26.4 Å². The summed E-state index contributed by atoms with van der Waals surface area (Å²) in [5.41, 5.74) is 0. The maximum atomic E-state index is 13.1. The number of rotatable bonds is 74. The lowest BCUT2D eigenvalue weighted by Gasteiger charge is -2.21. The molecule has 0 aliphatic rings. The van der Waals surface area contributed by atoms with E-state index in [1.54, 1.807) is 0 Å². The van der Waals surface area contributed by atoms with Crippen LogP contribution in [0.4, 0.5) is 0 Å². The molecule has 17 nitrogen and oxygen atoms in total. The van der Waals surface area contributed by atoms with Gasteiger partial charge >= 0.3 is 39.5 Å². The van der Waals surface area contributed by atoms with E-state index in [-0.39, 0.29) is 25.7 Å². The Labute approximate surface area is 575 Å². The molecule has 0 rings (SSSR count). The molecule has 0 fully saturated rings. The molecule has 0 aromatic rings. The number of hydrogen-bond donors (Lipinski definition) is 3. The predicted molar refractivity (Wildman–Crippen MR) is 381 cm³/mol. The summed E-state index contributed by atoms with van der Waals surface area (Å²) in [6.45, 7) is 9.50. The van der Waals surface area contributed by atoms with Crippen LogP contribution in [-0.2, 0) is 65.4 Å². The smallest absolute Gasteiger partial charge is 0.462 e. The van der Waals surface area contributed by atoms with Crippen molar-refractivity contribution >= 4 is 39.5 Å². The van der Waals surface area contributed by atoms with Gasteiger partial charge in [-0.25, -0.2) is 9.13 Å². The van der Waals surface area contributed by atoms with Gasteiger partial charge in [-0.05, 0) is 37.5 Å². The fraction of sp³-hybridized carbons (Fsp3) is 0.947. The van der Waals surface area contributed by atoms with Crippen LogP contribution in [0.3, 0.4) is 0 Å². The Hall–Kier alpha value is -1.94. The molecule has 5 atom stereocenters. The highest BCUT2D eigenvalue weighted by atomic mass is 31.2. The zero-order chi connectivity index (χ0) is 69.3. The molecule has 94 heavy (non-hydrogen) atoms. The number of hydrogen-bond acceptors (Lipinski definition) is 15. The van der Waals surface area contributed by atoms with Gasteiger partial charge in [0.15, 0.2) is 12.2 Å². The molecule has 0 saturated carbocycles. The molecule has 558 valence electrons. The first-order valence-electron chi connectivity index (χ1n) is 39.0. The molecule has 0 aliphatic carbocycles. The average Bonchev–Trinajstić information content (AvgIpc) is 1.94. The minimum Gasteiger partial charge on any atom is -0.462 e. The van der Waals surface area contributed by atoms with Crippen molar-refractivity contribution in [2.45, 2.75) is 407 Å². The van der Waals surface area contributed by atoms with Crippen LogP contribution in [0.25, 0.3) is 0 Å². The fourth-order valence-electron chi connectivity index (χ4n) is 11.5. The molecule has 2 unspecified atom stereocenters. The quantitative estimate of drug-likeness (QED) is 0.0222. The lowest BCUT2D eigenvalue weighted by molar-refractivity contribution is -0.161. The zero-order valence-electron chi connectivity index (χ0n) is 61.3. The Morgan fingerprint density at radius 2 is 0.489 bits per heavy atom. The number of ether oxygens (including phenoxy) is 4. The van der Waals surface area contributed by atoms with E-state index < -0.39 is 97.5 Å². The first kappa shape index (κ1) is 92.1. The number of carbonyl (C=O) groups excluding carboxylic acids is 4. The summed E-state index contributed by atoms with van der Waals surface area (Å²) in [6.07, 6.45) is 54.6. The highest BCUT2D eigenvalue weighted by Crippen LogP contribution is 2.45. The van der Waals surface area contributed by atoms with E-state index in [1.807, 2.05) is 0 Å². The van der Waals surface area contributed by atoms with Crippen LogP contribution >= 0.6 is 15.6 Å². The fourth-order valence-corrected chi connectivity index (χ4v) is 13.1. The third kappa shape index (κ3) is 68.6. The SMILES string of the molecule is CCCCCCCCCCCCCCCCCCCCC(=O)OC[C@H](COP(=O)(O)OC[C@@H](O)COP(=O)(O)OC[C@@H](COC(=O)CCCCCCC)OC(=O)CCCCCCCCCCCC(C)C)OC(=O)CCCCCCCCCCCCCCCCCCC(C)C. The topological polar surface area (TPSA) is 237 Å². The van der Waals surface area contributed by atoms with Crippen molar-refractivity contribution in [1.29, 1.82) is 0 Å². The average molecular weight is 1380 g/mol. The van der Waals surface area contributed by atoms with Gasteiger partial charge in [-0.2, -0.15) is 0 Å². The molecule has 0 aromatic heterocycles. The number of aliphatic hydroxyl groups excluding tert-OH is 1. The van der Waals surface area contributed by atoms with E-state index in [2.05, 4.69) is 41.5 Å². The van der Waals surface area contributed by atoms with Crippen molar-refractivity contribution in [3.8, 4) is 0 Å². The normalized spacial score (nSPS) is 14.0. The van der Waals surface area contributed by atoms with E-state index in [9.17, 15) is 43.2 Å². The van der Waals surface area contributed by atoms with Gasteiger partial charge in [0.2, 0.25) is 0 Å². The Kier molecular flexibility index (Phi) is 65.5. The van der Waals surface area contributed by atoms with Crippen molar-refractivity contribution in [1.82, 2.24) is 0 Å². The standard InChI is InChI=1S/C75H146O17P2/c1-7-9-11-13-14-15-16-17-18-19-20-24-27-30-35-40-46-52-58-73(78)86-64-71(92-74(79)59-53-47-41-36-31-28-25-22-21-23-26-29-33-38-44-49-55-67(3)4)66-90-94(83,84)88-62-69(76)61-87-93(81,82)89-65-70(63-85-72(77)57-51-43-12-10-8-2)91-75(80)60-54-48-42-37-32-34-39-45-50-56-68(5)6/h67-71,76H,7-66H2,1-6H3,(H,81,82)(H,83,84)/t69-,70+,71+/m0/s1. The molecular weight excluding hydrogens is 1230 g/mol. The maximum absolute atomic E-state index is 13.1. The number of carbonyl (C=O) groups is 4. The van der Waals surface area contributed by atoms with Crippen LogP contribution in [0.15, 0.2) is 0 Å². The van der Waals surface area contributed by atoms with Gasteiger partial charge in [-0.3, -0.25) is 37.3 Å². The van der Waals surface area contributed by atoms with E-state index in [1.165, 1.54) is 199 Å². The lowest BCUT2D eigenvalue weighted by atomic mass is 10.0. The summed E-state index contributed by atoms with van der Waals surface area (Å²) in [6, 6.07) is 0. The van der Waals surface area contributed by atoms with Crippen molar-refractivity contribution in [2.24, 2.45) is 11.8 Å². The van der Waals surface area contributed by atoms with Gasteiger partial charge in [-0.15, -0.1) is 0 Å². The molecule has 0 saturated heterocycles. The van der Waals surface area contributed by atoms with E-state index in [0.717, 1.165) is 108 Å². The molecule has 0 heterocycles. The summed E-state index contributed by atoms with van der Waals surface area (Å²) >= 11 is 0. The highest BCUT2D eigenvalue weighted by Gasteiger charge is 2.30. The second-order valence-electron chi connectivity index (χ2n) is 28.0. The van der Waals surface area contributed by atoms with Crippen LogP contribution in [0.5, 0.6) is 0 Å². The number of phosphoric acid groups is 2. The van der Waals surface area contributed by atoms with Gasteiger partial charge in [0, 0.05) is 25.7 Å². The zero-order valence-corrected chi connectivity index (χ0v) is 63.1. The molecule has 0 aromatic carbocycles. The predicted octanol–water partition coefficient (Wildman–Crippen LogP) is 21.9. The Bertz CT molecular complexity index is 1820. The largest absolute Gasteiger partial charge is 0.472 e. The molecule has 0 amide bonds. The maximum Gasteiger partial charge on any atom is 0.472 e. The third-order valence-corrected chi connectivity index (χ3v) is 19.4. The van der Waals surface area contributed by atoms with E-state index in [0.29, 0.717) is 25.7 Å². The van der Waals surface area contributed by atoms with Crippen molar-refractivity contribution < 1.29 is 80.2 Å². The van der Waals surface area contributed by atoms with Crippen molar-refractivity contribution in [3.05, 3.63) is 0 Å². The summed E-state index contributed by atoms with van der Waals surface area (Å²) in [7, 11) is -9.90. The minimum atomic E-state index is -4.95. The summed E-state index contributed by atoms with van der Waals surface area (Å²) in [4.78, 5) is 72.5. The first-order chi connectivity index (χ1) is 45.4. The first-order valence-corrected chi connectivity index (χ1v) is 42.0. The molecule has 0 aliphatic heterocycles. The van der Waals surface area contributed by atoms with Gasteiger partial charge < -0.3 is 33.8 Å². The van der Waals surface area contributed by atoms with Crippen LogP contribution in [0.2, 0.25) is 0 Å². The Balaban J connectivity index is 5.14. The molecule has 19 heteroatoms. The van der Waals surface area contributed by atoms with Crippen LogP contribution in [0.1, 0.15) is 388 Å². The van der Waals surface area contributed by atoms with Crippen molar-refractivity contribution in [2.75, 3.05) is 39.6 Å². The molecule has 3 N–H and O–H groups in total.